The van der Waals surface area contributed by atoms with Crippen molar-refractivity contribution in [3.8, 4) is 5.75 Å². The molecule has 0 saturated carbocycles. The minimum absolute atomic E-state index is 0.137. The Morgan fingerprint density at radius 3 is 2.24 bits per heavy atom. The first-order valence-corrected chi connectivity index (χ1v) is 9.81. The fourth-order valence-corrected chi connectivity index (χ4v) is 5.49. The van der Waals surface area contributed by atoms with Crippen LogP contribution in [-0.2, 0) is 9.84 Å². The predicted octanol–water partition coefficient (Wildman–Crippen LogP) is -0.00280. The van der Waals surface area contributed by atoms with Gasteiger partial charge < -0.3 is 19.8 Å². The molecule has 0 aliphatic carbocycles. The smallest absolute Gasteiger partial charge is 0.319 e. The van der Waals surface area contributed by atoms with E-state index < -0.39 is 27.8 Å². The molecule has 3 amide bonds. The topological polar surface area (TPSA) is 98.2 Å². The molecule has 1 aromatic rings. The molecule has 136 valence electrons. The quantitative estimate of drug-likeness (QED) is 0.753. The number of fused-ring (bicyclic) bond motifs is 1. The Labute approximate surface area is 146 Å². The van der Waals surface area contributed by atoms with Crippen LogP contribution in [0.1, 0.15) is 10.4 Å². The Kier molecular flexibility index (Phi) is 4.36. The second-order valence-electron chi connectivity index (χ2n) is 6.60. The maximum atomic E-state index is 12.8. The lowest BCUT2D eigenvalue weighted by atomic mass is 10.0. The third-order valence-corrected chi connectivity index (χ3v) is 6.40. The van der Waals surface area contributed by atoms with Gasteiger partial charge in [-0.25, -0.2) is 13.2 Å². The molecule has 2 saturated heterocycles. The third kappa shape index (κ3) is 3.15. The molecule has 25 heavy (non-hydrogen) atoms. The summed E-state index contributed by atoms with van der Waals surface area (Å²) in [7, 11) is -0.126. The molecule has 0 spiro atoms. The highest BCUT2D eigenvalue weighted by Gasteiger charge is 2.50. The van der Waals surface area contributed by atoms with Crippen LogP contribution in [0, 0.1) is 0 Å². The number of aromatic hydroxyl groups is 1. The number of benzene rings is 1. The van der Waals surface area contributed by atoms with E-state index in [1.165, 1.54) is 26.8 Å². The van der Waals surface area contributed by atoms with Crippen molar-refractivity contribution in [2.75, 3.05) is 38.7 Å². The van der Waals surface area contributed by atoms with Crippen molar-refractivity contribution in [2.24, 2.45) is 0 Å². The second-order valence-corrected chi connectivity index (χ2v) is 8.75. The van der Waals surface area contributed by atoms with Crippen LogP contribution in [0.4, 0.5) is 4.79 Å². The predicted molar refractivity (Wildman–Crippen MR) is 91.2 cm³/mol. The van der Waals surface area contributed by atoms with E-state index in [0.717, 1.165) is 0 Å². The van der Waals surface area contributed by atoms with Crippen LogP contribution in [0.5, 0.6) is 5.75 Å². The highest BCUT2D eigenvalue weighted by Crippen LogP contribution is 2.30. The van der Waals surface area contributed by atoms with Crippen molar-refractivity contribution in [2.45, 2.75) is 12.1 Å². The molecule has 0 bridgehead atoms. The number of urea groups is 1. The Morgan fingerprint density at radius 2 is 1.64 bits per heavy atom. The molecule has 0 unspecified atom stereocenters. The van der Waals surface area contributed by atoms with Crippen LogP contribution in [-0.4, -0.2) is 90.9 Å². The SMILES string of the molecule is CN(C)C(=O)N1CCN(C(=O)c2ccccc2O)[C@@H]2CS(=O)(=O)C[C@@H]21. The van der Waals surface area contributed by atoms with E-state index in [4.69, 9.17) is 0 Å². The Bertz CT molecular complexity index is 808. The van der Waals surface area contributed by atoms with Crippen LogP contribution < -0.4 is 0 Å². The molecule has 8 nitrogen and oxygen atoms in total. The summed E-state index contributed by atoms with van der Waals surface area (Å²) in [6, 6.07) is 4.75. The minimum Gasteiger partial charge on any atom is -0.507 e. The van der Waals surface area contributed by atoms with Gasteiger partial charge in [-0.2, -0.15) is 0 Å². The normalized spacial score (nSPS) is 24.7. The summed E-state index contributed by atoms with van der Waals surface area (Å²) in [6.07, 6.45) is 0. The zero-order valence-electron chi connectivity index (χ0n) is 14.1. The van der Waals surface area contributed by atoms with Crippen LogP contribution >= 0.6 is 0 Å². The number of phenolic OH excluding ortho intramolecular Hbond substituents is 1. The molecule has 0 radical (unpaired) electrons. The molecule has 0 aromatic heterocycles. The zero-order valence-corrected chi connectivity index (χ0v) is 14.9. The van der Waals surface area contributed by atoms with Gasteiger partial charge in [0.1, 0.15) is 5.75 Å². The minimum atomic E-state index is -3.35. The zero-order chi connectivity index (χ0) is 18.4. The van der Waals surface area contributed by atoms with Crippen LogP contribution in [0.2, 0.25) is 0 Å². The summed E-state index contributed by atoms with van der Waals surface area (Å²) in [6.45, 7) is 0.483. The Hall–Kier alpha value is -2.29. The van der Waals surface area contributed by atoms with Gasteiger partial charge in [0.25, 0.3) is 5.91 Å². The molecule has 2 atom stereocenters. The van der Waals surface area contributed by atoms with Crippen molar-refractivity contribution in [1.29, 1.82) is 0 Å². The first-order valence-electron chi connectivity index (χ1n) is 7.98. The van der Waals surface area contributed by atoms with Crippen molar-refractivity contribution in [1.82, 2.24) is 14.7 Å². The van der Waals surface area contributed by atoms with E-state index in [1.54, 1.807) is 26.2 Å². The number of hydrogen-bond acceptors (Lipinski definition) is 5. The summed E-state index contributed by atoms with van der Waals surface area (Å²) in [4.78, 5) is 29.6. The highest BCUT2D eigenvalue weighted by molar-refractivity contribution is 7.91. The van der Waals surface area contributed by atoms with E-state index in [9.17, 15) is 23.1 Å². The second kappa shape index (κ2) is 6.21. The van der Waals surface area contributed by atoms with Crippen LogP contribution in [0.15, 0.2) is 24.3 Å². The van der Waals surface area contributed by atoms with Gasteiger partial charge in [-0.05, 0) is 12.1 Å². The lowest BCUT2D eigenvalue weighted by molar-refractivity contribution is 0.0391. The van der Waals surface area contributed by atoms with Crippen molar-refractivity contribution in [3.05, 3.63) is 29.8 Å². The lowest BCUT2D eigenvalue weighted by Crippen LogP contribution is -2.63. The highest BCUT2D eigenvalue weighted by atomic mass is 32.2. The number of rotatable bonds is 1. The summed E-state index contributed by atoms with van der Waals surface area (Å²) >= 11 is 0. The van der Waals surface area contributed by atoms with Gasteiger partial charge in [-0.15, -0.1) is 0 Å². The summed E-state index contributed by atoms with van der Waals surface area (Å²) < 4.78 is 24.3. The van der Waals surface area contributed by atoms with Gasteiger partial charge in [0.05, 0.1) is 29.2 Å². The van der Waals surface area contributed by atoms with Gasteiger partial charge in [-0.3, -0.25) is 4.79 Å². The van der Waals surface area contributed by atoms with E-state index in [-0.39, 0.29) is 41.9 Å². The molecule has 1 N–H and O–H groups in total. The number of sulfone groups is 1. The number of nitrogens with zero attached hydrogens (tertiary/aromatic N) is 3. The number of carbonyl (C=O) groups excluding carboxylic acids is 2. The molecule has 1 aromatic carbocycles. The van der Waals surface area contributed by atoms with Crippen molar-refractivity contribution in [3.63, 3.8) is 0 Å². The number of para-hydroxylation sites is 1. The van der Waals surface area contributed by atoms with E-state index in [1.807, 2.05) is 0 Å². The number of piperazine rings is 1. The van der Waals surface area contributed by atoms with Crippen LogP contribution in [0.3, 0.4) is 0 Å². The van der Waals surface area contributed by atoms with E-state index in [2.05, 4.69) is 0 Å². The third-order valence-electron chi connectivity index (χ3n) is 4.70. The fraction of sp³-hybridized carbons (Fsp3) is 0.500. The maximum absolute atomic E-state index is 12.8. The van der Waals surface area contributed by atoms with Gasteiger partial charge in [0, 0.05) is 27.2 Å². The summed E-state index contributed by atoms with van der Waals surface area (Å²) in [5.74, 6) is -0.880. The van der Waals surface area contributed by atoms with E-state index >= 15 is 0 Å². The van der Waals surface area contributed by atoms with E-state index in [0.29, 0.717) is 0 Å². The molecular formula is C16H21N3O5S. The first kappa shape index (κ1) is 17.5. The Morgan fingerprint density at radius 1 is 1.08 bits per heavy atom. The molecule has 2 aliphatic rings. The van der Waals surface area contributed by atoms with Gasteiger partial charge in [0.2, 0.25) is 0 Å². The number of hydrogen-bond donors (Lipinski definition) is 1. The van der Waals surface area contributed by atoms with Gasteiger partial charge in [-0.1, -0.05) is 12.1 Å². The van der Waals surface area contributed by atoms with Gasteiger partial charge >= 0.3 is 6.03 Å². The van der Waals surface area contributed by atoms with Crippen molar-refractivity contribution < 1.29 is 23.1 Å². The van der Waals surface area contributed by atoms with Crippen LogP contribution in [0.25, 0.3) is 0 Å². The Balaban J connectivity index is 1.93. The molecule has 3 rings (SSSR count). The number of amides is 3. The maximum Gasteiger partial charge on any atom is 0.319 e. The molecule has 9 heteroatoms. The monoisotopic (exact) mass is 367 g/mol. The number of carbonyl (C=O) groups is 2. The van der Waals surface area contributed by atoms with Gasteiger partial charge in [0.15, 0.2) is 9.84 Å². The lowest BCUT2D eigenvalue weighted by Gasteiger charge is -2.44. The van der Waals surface area contributed by atoms with Crippen molar-refractivity contribution >= 4 is 21.8 Å². The molecule has 2 heterocycles. The largest absolute Gasteiger partial charge is 0.507 e. The average molecular weight is 367 g/mol. The molecule has 2 aliphatic heterocycles. The average Bonchev–Trinajstić information content (AvgIpc) is 2.87. The summed E-state index contributed by atoms with van der Waals surface area (Å²) in [5, 5.41) is 9.93. The fourth-order valence-electron chi connectivity index (χ4n) is 3.51. The summed E-state index contributed by atoms with van der Waals surface area (Å²) in [5.41, 5.74) is 0.137. The molecule has 2 fully saturated rings. The number of phenols is 1. The first-order chi connectivity index (χ1) is 11.7. The standard InChI is InChI=1S/C16H21N3O5S/c1-17(2)16(22)19-8-7-18(12-9-25(23,24)10-13(12)19)15(21)11-5-3-4-6-14(11)20/h3-6,12-13,20H,7-10H2,1-2H3/t12-,13+/m1/s1. The molecular weight excluding hydrogens is 346 g/mol.